The van der Waals surface area contributed by atoms with E-state index in [0.29, 0.717) is 0 Å². The van der Waals surface area contributed by atoms with Crippen molar-refractivity contribution >= 4 is 15.7 Å². The van der Waals surface area contributed by atoms with Gasteiger partial charge in [-0.1, -0.05) is 13.3 Å². The minimum Gasteiger partial charge on any atom is -0.354 e. The smallest absolute Gasteiger partial charge is 0.226 e. The van der Waals surface area contributed by atoms with Crippen LogP contribution in [0.5, 0.6) is 0 Å². The predicted octanol–water partition coefficient (Wildman–Crippen LogP) is 1.10. The molecular formula is C14H28N2O3S. The number of sulfone groups is 1. The fourth-order valence-corrected chi connectivity index (χ4v) is 2.92. The largest absolute Gasteiger partial charge is 0.354 e. The van der Waals surface area contributed by atoms with Gasteiger partial charge < -0.3 is 10.6 Å². The van der Waals surface area contributed by atoms with Crippen LogP contribution in [0.1, 0.15) is 46.5 Å². The number of carbonyl (C=O) groups is 1. The summed E-state index contributed by atoms with van der Waals surface area (Å²) in [7, 11) is -3.19. The summed E-state index contributed by atoms with van der Waals surface area (Å²) >= 11 is 0. The maximum atomic E-state index is 12.5. The Bertz CT molecular complexity index is 432. The van der Waals surface area contributed by atoms with Crippen molar-refractivity contribution in [3.05, 3.63) is 0 Å². The van der Waals surface area contributed by atoms with Crippen molar-refractivity contribution in [3.63, 3.8) is 0 Å². The number of hydrogen-bond donors (Lipinski definition) is 2. The molecule has 20 heavy (non-hydrogen) atoms. The molecule has 0 atom stereocenters. The average molecular weight is 304 g/mol. The molecule has 0 aliphatic carbocycles. The number of hydrogen-bond acceptors (Lipinski definition) is 4. The first-order valence-corrected chi connectivity index (χ1v) is 9.22. The van der Waals surface area contributed by atoms with Gasteiger partial charge in [-0.2, -0.15) is 0 Å². The first kappa shape index (κ1) is 17.4. The quantitative estimate of drug-likeness (QED) is 0.770. The molecule has 0 unspecified atom stereocenters. The number of piperidine rings is 1. The Labute approximate surface area is 122 Å². The van der Waals surface area contributed by atoms with E-state index in [1.807, 2.05) is 0 Å². The highest BCUT2D eigenvalue weighted by Gasteiger charge is 2.40. The van der Waals surface area contributed by atoms with Gasteiger partial charge in [0, 0.05) is 12.8 Å². The van der Waals surface area contributed by atoms with Gasteiger partial charge >= 0.3 is 0 Å². The second-order valence-corrected chi connectivity index (χ2v) is 9.14. The van der Waals surface area contributed by atoms with Crippen LogP contribution in [0.25, 0.3) is 0 Å². The molecule has 6 heteroatoms. The van der Waals surface area contributed by atoms with Crippen LogP contribution < -0.4 is 10.6 Å². The van der Waals surface area contributed by atoms with Gasteiger partial charge in [0.2, 0.25) is 5.91 Å². The summed E-state index contributed by atoms with van der Waals surface area (Å²) in [5.41, 5.74) is -0.326. The average Bonchev–Trinajstić information content (AvgIpc) is 2.36. The van der Waals surface area contributed by atoms with Crippen LogP contribution in [0.15, 0.2) is 0 Å². The Hall–Kier alpha value is -0.620. The third kappa shape index (κ3) is 3.95. The molecule has 118 valence electrons. The lowest BCUT2D eigenvalue weighted by atomic mass is 9.74. The summed E-state index contributed by atoms with van der Waals surface area (Å²) in [5, 5.41) is 6.15. The highest BCUT2D eigenvalue weighted by Crippen LogP contribution is 2.34. The molecule has 1 aliphatic rings. The van der Waals surface area contributed by atoms with Gasteiger partial charge in [-0.05, 0) is 46.2 Å². The molecule has 1 heterocycles. The molecule has 1 aliphatic heterocycles. The summed E-state index contributed by atoms with van der Waals surface area (Å²) in [6.45, 7) is 7.25. The van der Waals surface area contributed by atoms with E-state index < -0.39 is 14.6 Å². The van der Waals surface area contributed by atoms with Crippen LogP contribution in [0.3, 0.4) is 0 Å². The molecule has 1 amide bonds. The lowest BCUT2D eigenvalue weighted by molar-refractivity contribution is -0.133. The van der Waals surface area contributed by atoms with Gasteiger partial charge in [0.25, 0.3) is 0 Å². The van der Waals surface area contributed by atoms with E-state index in [1.54, 1.807) is 13.8 Å². The molecule has 0 bridgehead atoms. The van der Waals surface area contributed by atoms with E-state index in [-0.39, 0.29) is 17.9 Å². The van der Waals surface area contributed by atoms with Crippen LogP contribution in [-0.2, 0) is 14.6 Å². The van der Waals surface area contributed by atoms with E-state index in [4.69, 9.17) is 0 Å². The highest BCUT2D eigenvalue weighted by atomic mass is 32.2. The highest BCUT2D eigenvalue weighted by molar-refractivity contribution is 7.92. The monoisotopic (exact) mass is 304 g/mol. The number of carbonyl (C=O) groups excluding carboxylic acids is 1. The van der Waals surface area contributed by atoms with E-state index in [1.165, 1.54) is 6.26 Å². The van der Waals surface area contributed by atoms with Crippen molar-refractivity contribution in [2.24, 2.45) is 5.41 Å². The third-order valence-corrected chi connectivity index (χ3v) is 6.60. The van der Waals surface area contributed by atoms with Gasteiger partial charge in [0.1, 0.15) is 0 Å². The lowest BCUT2D eigenvalue weighted by Gasteiger charge is -2.37. The second-order valence-electron chi connectivity index (χ2n) is 6.49. The fraction of sp³-hybridized carbons (Fsp3) is 0.929. The standard InChI is InChI=1S/C14H28N2O3S/c1-5-6-14(7-9-15-10-8-14)12(17)16-11-13(2,3)20(4,18)19/h15H,5-11H2,1-4H3,(H,16,17). The minimum atomic E-state index is -3.19. The van der Waals surface area contributed by atoms with Crippen molar-refractivity contribution in [3.8, 4) is 0 Å². The molecule has 2 N–H and O–H groups in total. The summed E-state index contributed by atoms with van der Waals surface area (Å²) in [5.74, 6) is 0.0116. The number of amides is 1. The Kier molecular flexibility index (Phi) is 5.61. The van der Waals surface area contributed by atoms with Crippen LogP contribution >= 0.6 is 0 Å². The van der Waals surface area contributed by atoms with Crippen LogP contribution in [0, 0.1) is 5.41 Å². The summed E-state index contributed by atoms with van der Waals surface area (Å²) in [4.78, 5) is 12.5. The SMILES string of the molecule is CCCC1(C(=O)NCC(C)(C)S(C)(=O)=O)CCNCC1. The van der Waals surface area contributed by atoms with E-state index >= 15 is 0 Å². The second kappa shape index (κ2) is 6.43. The Morgan fingerprint density at radius 2 is 1.85 bits per heavy atom. The zero-order chi connectivity index (χ0) is 15.4. The third-order valence-electron chi connectivity index (χ3n) is 4.45. The maximum Gasteiger partial charge on any atom is 0.226 e. The van der Waals surface area contributed by atoms with Crippen LogP contribution in [-0.4, -0.2) is 45.0 Å². The number of rotatable bonds is 6. The van der Waals surface area contributed by atoms with E-state index in [9.17, 15) is 13.2 Å². The molecule has 0 aromatic rings. The molecule has 1 rings (SSSR count). The molecule has 0 aromatic carbocycles. The Morgan fingerprint density at radius 1 is 1.30 bits per heavy atom. The van der Waals surface area contributed by atoms with Crippen molar-refractivity contribution in [1.82, 2.24) is 10.6 Å². The number of nitrogens with one attached hydrogen (secondary N) is 2. The Balaban J connectivity index is 2.73. The first-order valence-electron chi connectivity index (χ1n) is 7.33. The topological polar surface area (TPSA) is 75.3 Å². The van der Waals surface area contributed by atoms with Gasteiger partial charge in [-0.3, -0.25) is 4.79 Å². The summed E-state index contributed by atoms with van der Waals surface area (Å²) in [6, 6.07) is 0. The minimum absolute atomic E-state index is 0.0116. The van der Waals surface area contributed by atoms with Crippen molar-refractivity contribution in [1.29, 1.82) is 0 Å². The molecule has 0 radical (unpaired) electrons. The van der Waals surface area contributed by atoms with Crippen molar-refractivity contribution in [2.45, 2.75) is 51.2 Å². The fourth-order valence-electron chi connectivity index (χ4n) is 2.59. The van der Waals surface area contributed by atoms with E-state index in [0.717, 1.165) is 38.8 Å². The van der Waals surface area contributed by atoms with Gasteiger partial charge in [0.05, 0.1) is 10.2 Å². The zero-order valence-corrected chi connectivity index (χ0v) is 13.9. The lowest BCUT2D eigenvalue weighted by Crippen LogP contribution is -2.51. The molecule has 1 fully saturated rings. The summed E-state index contributed by atoms with van der Waals surface area (Å²) < 4.78 is 22.4. The molecule has 0 spiro atoms. The van der Waals surface area contributed by atoms with Crippen LogP contribution in [0.2, 0.25) is 0 Å². The van der Waals surface area contributed by atoms with Gasteiger partial charge in [-0.25, -0.2) is 8.42 Å². The zero-order valence-electron chi connectivity index (χ0n) is 13.1. The van der Waals surface area contributed by atoms with Gasteiger partial charge in [-0.15, -0.1) is 0 Å². The molecular weight excluding hydrogens is 276 g/mol. The van der Waals surface area contributed by atoms with Crippen molar-refractivity contribution < 1.29 is 13.2 Å². The Morgan fingerprint density at radius 3 is 2.30 bits per heavy atom. The predicted molar refractivity (Wildman–Crippen MR) is 81.4 cm³/mol. The normalized spacial score (nSPS) is 19.6. The van der Waals surface area contributed by atoms with Crippen LogP contribution in [0.4, 0.5) is 0 Å². The molecule has 1 saturated heterocycles. The van der Waals surface area contributed by atoms with Crippen molar-refractivity contribution in [2.75, 3.05) is 25.9 Å². The molecule has 5 nitrogen and oxygen atoms in total. The maximum absolute atomic E-state index is 12.5. The summed E-state index contributed by atoms with van der Waals surface area (Å²) in [6.07, 6.45) is 4.69. The van der Waals surface area contributed by atoms with Gasteiger partial charge in [0.15, 0.2) is 9.84 Å². The first-order chi connectivity index (χ1) is 9.15. The molecule has 0 aromatic heterocycles. The van der Waals surface area contributed by atoms with E-state index in [2.05, 4.69) is 17.6 Å². The molecule has 0 saturated carbocycles.